The molecular formula is C16H15N5O3S. The Kier molecular flexibility index (Phi) is 4.04. The van der Waals surface area contributed by atoms with Crippen LogP contribution < -0.4 is 5.73 Å². The van der Waals surface area contributed by atoms with E-state index in [-0.39, 0.29) is 11.6 Å². The second-order valence-corrected chi connectivity index (χ2v) is 6.42. The largest absolute Gasteiger partial charge is 0.468 e. The van der Waals surface area contributed by atoms with Crippen LogP contribution in [0.4, 0.5) is 5.82 Å². The standard InChI is InChI=1S/C16H15N5O3S/c17-14-11-15(19-7-18-14)21(8-20-11)16-13(23)12(22)10(24-16)6-25-9-4-2-1-3-5-9/h1-8,12-13,16,22-23H,(H2,17,18,19)/t12?,13?,16-/m1/s1. The van der Waals surface area contributed by atoms with Crippen molar-refractivity contribution >= 4 is 28.7 Å². The van der Waals surface area contributed by atoms with Crippen molar-refractivity contribution < 1.29 is 14.9 Å². The number of aliphatic hydroxyl groups is 2. The molecule has 4 N–H and O–H groups in total. The van der Waals surface area contributed by atoms with E-state index in [9.17, 15) is 10.2 Å². The Hall–Kier alpha value is -2.62. The van der Waals surface area contributed by atoms with E-state index in [2.05, 4.69) is 15.0 Å². The zero-order chi connectivity index (χ0) is 17.4. The van der Waals surface area contributed by atoms with Crippen LogP contribution in [0.5, 0.6) is 0 Å². The van der Waals surface area contributed by atoms with Gasteiger partial charge in [-0.25, -0.2) is 15.0 Å². The van der Waals surface area contributed by atoms with Gasteiger partial charge in [0.2, 0.25) is 6.23 Å². The first-order valence-corrected chi connectivity index (χ1v) is 8.40. The molecule has 1 aliphatic heterocycles. The normalized spacial score (nSPS) is 24.7. The maximum atomic E-state index is 10.4. The Balaban J connectivity index is 1.62. The van der Waals surface area contributed by atoms with Crippen LogP contribution in [0.1, 0.15) is 6.23 Å². The lowest BCUT2D eigenvalue weighted by molar-refractivity contribution is -0.0118. The molecule has 2 unspecified atom stereocenters. The first kappa shape index (κ1) is 15.9. The van der Waals surface area contributed by atoms with Crippen molar-refractivity contribution in [3.8, 4) is 0 Å². The Labute approximate surface area is 147 Å². The van der Waals surface area contributed by atoms with Crippen molar-refractivity contribution in [2.24, 2.45) is 0 Å². The fourth-order valence-corrected chi connectivity index (χ4v) is 3.36. The van der Waals surface area contributed by atoms with Crippen molar-refractivity contribution in [3.63, 3.8) is 0 Å². The summed E-state index contributed by atoms with van der Waals surface area (Å²) in [6, 6.07) is 9.66. The Morgan fingerprint density at radius 3 is 2.76 bits per heavy atom. The average molecular weight is 357 g/mol. The van der Waals surface area contributed by atoms with Gasteiger partial charge in [0.25, 0.3) is 0 Å². The fraction of sp³-hybridized carbons (Fsp3) is 0.188. The topological polar surface area (TPSA) is 119 Å². The molecule has 0 radical (unpaired) electrons. The van der Waals surface area contributed by atoms with E-state index in [0.29, 0.717) is 11.2 Å². The van der Waals surface area contributed by atoms with Crippen molar-refractivity contribution in [1.29, 1.82) is 0 Å². The summed E-state index contributed by atoms with van der Waals surface area (Å²) in [6.07, 6.45) is -0.370. The number of hydrogen-bond donors (Lipinski definition) is 3. The summed E-state index contributed by atoms with van der Waals surface area (Å²) in [7, 11) is 0. The molecular weight excluding hydrogens is 342 g/mol. The van der Waals surface area contributed by atoms with Crippen LogP contribution in [-0.2, 0) is 4.74 Å². The summed E-state index contributed by atoms with van der Waals surface area (Å²) < 4.78 is 7.30. The molecule has 1 aliphatic rings. The van der Waals surface area contributed by atoms with Gasteiger partial charge in [-0.15, -0.1) is 0 Å². The van der Waals surface area contributed by atoms with Crippen molar-refractivity contribution in [1.82, 2.24) is 19.5 Å². The van der Waals surface area contributed by atoms with Crippen molar-refractivity contribution in [2.75, 3.05) is 5.73 Å². The van der Waals surface area contributed by atoms with Gasteiger partial charge in [-0.2, -0.15) is 0 Å². The summed E-state index contributed by atoms with van der Waals surface area (Å²) in [5.41, 5.74) is 6.63. The highest BCUT2D eigenvalue weighted by atomic mass is 32.2. The van der Waals surface area contributed by atoms with Gasteiger partial charge >= 0.3 is 0 Å². The number of imidazole rings is 1. The average Bonchev–Trinajstić information content (AvgIpc) is 3.18. The summed E-state index contributed by atoms with van der Waals surface area (Å²) >= 11 is 1.40. The van der Waals surface area contributed by atoms with Crippen LogP contribution >= 0.6 is 11.8 Å². The molecule has 0 aliphatic carbocycles. The van der Waals surface area contributed by atoms with Crippen LogP contribution in [0.25, 0.3) is 11.2 Å². The molecule has 128 valence electrons. The van der Waals surface area contributed by atoms with Crippen LogP contribution in [0.15, 0.2) is 59.0 Å². The minimum atomic E-state index is -1.16. The zero-order valence-electron chi connectivity index (χ0n) is 12.9. The summed E-state index contributed by atoms with van der Waals surface area (Å²) in [6.45, 7) is 0. The van der Waals surface area contributed by atoms with E-state index in [1.54, 1.807) is 5.41 Å². The monoisotopic (exact) mass is 357 g/mol. The molecule has 25 heavy (non-hydrogen) atoms. The molecule has 9 heteroatoms. The van der Waals surface area contributed by atoms with E-state index >= 15 is 0 Å². The lowest BCUT2D eigenvalue weighted by Crippen LogP contribution is -2.27. The number of anilines is 1. The van der Waals surface area contributed by atoms with Crippen LogP contribution in [0, 0.1) is 0 Å². The third-order valence-electron chi connectivity index (χ3n) is 3.88. The van der Waals surface area contributed by atoms with E-state index in [4.69, 9.17) is 10.5 Å². The van der Waals surface area contributed by atoms with Gasteiger partial charge in [-0.05, 0) is 12.1 Å². The number of thioether (sulfide) groups is 1. The van der Waals surface area contributed by atoms with Crippen LogP contribution in [-0.4, -0.2) is 41.9 Å². The number of hydrogen-bond acceptors (Lipinski definition) is 8. The number of ether oxygens (including phenoxy) is 1. The molecule has 0 amide bonds. The number of benzene rings is 1. The predicted octanol–water partition coefficient (Wildman–Crippen LogP) is 1.29. The zero-order valence-corrected chi connectivity index (χ0v) is 13.7. The van der Waals surface area contributed by atoms with E-state index in [1.807, 2.05) is 30.3 Å². The third-order valence-corrected chi connectivity index (χ3v) is 4.77. The molecule has 1 aromatic carbocycles. The van der Waals surface area contributed by atoms with Crippen molar-refractivity contribution in [3.05, 3.63) is 54.2 Å². The minimum Gasteiger partial charge on any atom is -0.468 e. The Bertz CT molecular complexity index is 930. The molecule has 0 saturated carbocycles. The Morgan fingerprint density at radius 1 is 1.16 bits per heavy atom. The molecule has 1 fully saturated rings. The van der Waals surface area contributed by atoms with Crippen LogP contribution in [0.2, 0.25) is 0 Å². The molecule has 2 aromatic heterocycles. The SMILES string of the molecule is Nc1ncnc2c1ncn2[C@@H]1OC(=CSc2ccccc2)C(O)C1O. The minimum absolute atomic E-state index is 0.243. The second-order valence-electron chi connectivity index (χ2n) is 5.48. The number of rotatable bonds is 3. The predicted molar refractivity (Wildman–Crippen MR) is 92.3 cm³/mol. The molecule has 3 aromatic rings. The molecule has 4 rings (SSSR count). The molecule has 1 saturated heterocycles. The number of fused-ring (bicyclic) bond motifs is 1. The van der Waals surface area contributed by atoms with Gasteiger partial charge in [0.1, 0.15) is 36.1 Å². The number of nitrogen functional groups attached to an aromatic ring is 1. The third kappa shape index (κ3) is 2.82. The van der Waals surface area contributed by atoms with Crippen LogP contribution in [0.3, 0.4) is 0 Å². The lowest BCUT2D eigenvalue weighted by Gasteiger charge is -2.15. The van der Waals surface area contributed by atoms with Gasteiger partial charge in [0.05, 0.1) is 0 Å². The molecule has 0 bridgehead atoms. The highest BCUT2D eigenvalue weighted by Crippen LogP contribution is 2.36. The van der Waals surface area contributed by atoms with Gasteiger partial charge in [0, 0.05) is 10.3 Å². The summed E-state index contributed by atoms with van der Waals surface area (Å²) in [4.78, 5) is 13.2. The smallest absolute Gasteiger partial charge is 0.207 e. The summed E-state index contributed by atoms with van der Waals surface area (Å²) in [5, 5.41) is 22.3. The number of nitrogens with two attached hydrogens (primary N) is 1. The maximum absolute atomic E-state index is 10.4. The molecule has 3 atom stereocenters. The number of aliphatic hydroxyl groups excluding tert-OH is 2. The quantitative estimate of drug-likeness (QED) is 0.600. The highest BCUT2D eigenvalue weighted by molar-refractivity contribution is 8.02. The van der Waals surface area contributed by atoms with Gasteiger partial charge in [-0.3, -0.25) is 4.57 Å². The van der Waals surface area contributed by atoms with Crippen molar-refractivity contribution in [2.45, 2.75) is 23.3 Å². The van der Waals surface area contributed by atoms with E-state index in [0.717, 1.165) is 4.90 Å². The summed E-state index contributed by atoms with van der Waals surface area (Å²) in [5.74, 6) is 0.530. The lowest BCUT2D eigenvalue weighted by atomic mass is 10.2. The van der Waals surface area contributed by atoms with E-state index in [1.165, 1.54) is 29.0 Å². The highest BCUT2D eigenvalue weighted by Gasteiger charge is 2.41. The molecule has 0 spiro atoms. The Morgan fingerprint density at radius 2 is 1.96 bits per heavy atom. The number of nitrogens with zero attached hydrogens (tertiary/aromatic N) is 4. The van der Waals surface area contributed by atoms with Gasteiger partial charge in [0.15, 0.2) is 11.5 Å². The molecule has 8 nitrogen and oxygen atoms in total. The van der Waals surface area contributed by atoms with Gasteiger partial charge in [-0.1, -0.05) is 30.0 Å². The number of aromatic nitrogens is 4. The molecule has 3 heterocycles. The fourth-order valence-electron chi connectivity index (χ4n) is 2.60. The van der Waals surface area contributed by atoms with Gasteiger partial charge < -0.3 is 20.7 Å². The van der Waals surface area contributed by atoms with E-state index < -0.39 is 18.4 Å². The first-order chi connectivity index (χ1) is 12.1. The maximum Gasteiger partial charge on any atom is 0.207 e. The first-order valence-electron chi connectivity index (χ1n) is 7.52. The second kappa shape index (κ2) is 6.36.